The van der Waals surface area contributed by atoms with E-state index in [-0.39, 0.29) is 11.5 Å². The first-order chi connectivity index (χ1) is 9.43. The zero-order valence-corrected chi connectivity index (χ0v) is 11.9. The van der Waals surface area contributed by atoms with Gasteiger partial charge in [0.1, 0.15) is 0 Å². The largest absolute Gasteiger partial charge is 0.328 e. The van der Waals surface area contributed by atoms with Crippen molar-refractivity contribution in [2.24, 2.45) is 7.05 Å². The van der Waals surface area contributed by atoms with Gasteiger partial charge in [0.05, 0.1) is 5.69 Å². The van der Waals surface area contributed by atoms with Crippen LogP contribution >= 0.6 is 0 Å². The quantitative estimate of drug-likeness (QED) is 0.930. The van der Waals surface area contributed by atoms with Crippen molar-refractivity contribution in [1.29, 1.82) is 0 Å². The Hall–Kier alpha value is -2.36. The van der Waals surface area contributed by atoms with Crippen molar-refractivity contribution in [3.63, 3.8) is 0 Å². The highest BCUT2D eigenvalue weighted by molar-refractivity contribution is 5.77. The molecule has 1 aromatic carbocycles. The zero-order chi connectivity index (χ0) is 14.9. The molecule has 1 aromatic heterocycles. The van der Waals surface area contributed by atoms with Gasteiger partial charge in [0.15, 0.2) is 0 Å². The van der Waals surface area contributed by atoms with E-state index in [1.165, 1.54) is 4.57 Å². The second-order valence-corrected chi connectivity index (χ2v) is 5.08. The lowest BCUT2D eigenvalue weighted by molar-refractivity contribution is 0.729. The van der Waals surface area contributed by atoms with Gasteiger partial charge in [-0.25, -0.2) is 4.79 Å². The molecule has 0 unspecified atom stereocenters. The molecular formula is C16H18N2O2. The highest BCUT2D eigenvalue weighted by Gasteiger charge is 2.18. The van der Waals surface area contributed by atoms with Crippen molar-refractivity contribution in [3.8, 4) is 0 Å². The molecule has 2 rings (SSSR count). The van der Waals surface area contributed by atoms with Crippen LogP contribution in [0.4, 0.5) is 0 Å². The molecule has 0 aliphatic rings. The van der Waals surface area contributed by atoms with Crippen LogP contribution in [0.1, 0.15) is 36.6 Å². The summed E-state index contributed by atoms with van der Waals surface area (Å²) in [6.45, 7) is 7.92. The minimum atomic E-state index is -0.425. The minimum absolute atomic E-state index is 0.000937. The van der Waals surface area contributed by atoms with E-state index in [0.717, 1.165) is 5.56 Å². The maximum Gasteiger partial charge on any atom is 0.328 e. The third-order valence-corrected chi connectivity index (χ3v) is 3.35. The van der Waals surface area contributed by atoms with E-state index in [1.807, 2.05) is 44.2 Å². The lowest BCUT2D eigenvalue weighted by Crippen LogP contribution is -2.34. The van der Waals surface area contributed by atoms with Crippen molar-refractivity contribution in [1.82, 2.24) is 9.55 Å². The Bertz CT molecular complexity index is 752. The van der Waals surface area contributed by atoms with Crippen LogP contribution in [0, 0.1) is 0 Å². The smallest absolute Gasteiger partial charge is 0.296 e. The predicted molar refractivity (Wildman–Crippen MR) is 81.0 cm³/mol. The molecule has 104 valence electrons. The highest BCUT2D eigenvalue weighted by Crippen LogP contribution is 2.25. The number of rotatable bonds is 3. The summed E-state index contributed by atoms with van der Waals surface area (Å²) in [4.78, 5) is 26.3. The van der Waals surface area contributed by atoms with Crippen LogP contribution in [0.5, 0.6) is 0 Å². The molecule has 0 bridgehead atoms. The first kappa shape index (κ1) is 14.1. The van der Waals surface area contributed by atoms with Crippen LogP contribution in [0.25, 0.3) is 5.57 Å². The van der Waals surface area contributed by atoms with E-state index in [1.54, 1.807) is 7.05 Å². The van der Waals surface area contributed by atoms with Crippen LogP contribution < -0.4 is 11.2 Å². The summed E-state index contributed by atoms with van der Waals surface area (Å²) >= 11 is 0. The van der Waals surface area contributed by atoms with Gasteiger partial charge in [-0.1, -0.05) is 50.8 Å². The maximum absolute atomic E-state index is 12.1. The van der Waals surface area contributed by atoms with Gasteiger partial charge in [-0.05, 0) is 17.1 Å². The molecule has 0 saturated heterocycles. The Morgan fingerprint density at radius 1 is 1.20 bits per heavy atom. The third-order valence-electron chi connectivity index (χ3n) is 3.35. The average Bonchev–Trinajstić information content (AvgIpc) is 2.42. The van der Waals surface area contributed by atoms with Crippen LogP contribution in [0.2, 0.25) is 0 Å². The fourth-order valence-electron chi connectivity index (χ4n) is 2.31. The molecule has 4 heteroatoms. The van der Waals surface area contributed by atoms with Crippen LogP contribution in [-0.2, 0) is 7.05 Å². The summed E-state index contributed by atoms with van der Waals surface area (Å²) in [6, 6.07) is 9.55. The van der Waals surface area contributed by atoms with Gasteiger partial charge in [-0.15, -0.1) is 0 Å². The number of hydrogen-bond acceptors (Lipinski definition) is 2. The monoisotopic (exact) mass is 270 g/mol. The normalized spacial score (nSPS) is 10.8. The molecule has 0 fully saturated rings. The number of benzene rings is 1. The SMILES string of the molecule is C=C(c1ccccc1)c1c(C(C)C)c(=O)[nH]c(=O)n1C. The summed E-state index contributed by atoms with van der Waals surface area (Å²) in [5.74, 6) is 0.000937. The fraction of sp³-hybridized carbons (Fsp3) is 0.250. The first-order valence-electron chi connectivity index (χ1n) is 6.51. The lowest BCUT2D eigenvalue weighted by atomic mass is 9.95. The number of hydrogen-bond donors (Lipinski definition) is 1. The Labute approximate surface area is 117 Å². The van der Waals surface area contributed by atoms with Gasteiger partial charge in [0.2, 0.25) is 0 Å². The number of nitrogens with zero attached hydrogens (tertiary/aromatic N) is 1. The number of nitrogens with one attached hydrogen (secondary N) is 1. The van der Waals surface area contributed by atoms with Crippen LogP contribution in [-0.4, -0.2) is 9.55 Å². The van der Waals surface area contributed by atoms with Gasteiger partial charge in [0, 0.05) is 12.6 Å². The van der Waals surface area contributed by atoms with Crippen molar-refractivity contribution in [3.05, 3.63) is 74.6 Å². The summed E-state index contributed by atoms with van der Waals surface area (Å²) in [6.07, 6.45) is 0. The van der Waals surface area contributed by atoms with E-state index in [4.69, 9.17) is 0 Å². The molecule has 2 aromatic rings. The van der Waals surface area contributed by atoms with Gasteiger partial charge in [-0.3, -0.25) is 14.3 Å². The molecule has 0 amide bonds. The van der Waals surface area contributed by atoms with Gasteiger partial charge in [0.25, 0.3) is 5.56 Å². The van der Waals surface area contributed by atoms with Gasteiger partial charge in [-0.2, -0.15) is 0 Å². The third kappa shape index (κ3) is 2.37. The molecule has 0 radical (unpaired) electrons. The molecule has 0 aliphatic heterocycles. The van der Waals surface area contributed by atoms with E-state index >= 15 is 0 Å². The standard InChI is InChI=1S/C16H18N2O2/c1-10(2)13-14(18(4)16(20)17-15(13)19)11(3)12-8-6-5-7-9-12/h5-10H,3H2,1-2,4H3,(H,17,19,20). The molecule has 4 nitrogen and oxygen atoms in total. The average molecular weight is 270 g/mol. The first-order valence-corrected chi connectivity index (χ1v) is 6.51. The predicted octanol–water partition coefficient (Wildman–Crippen LogP) is 2.26. The zero-order valence-electron chi connectivity index (χ0n) is 11.9. The number of H-pyrrole nitrogens is 1. The van der Waals surface area contributed by atoms with Crippen molar-refractivity contribution in [2.45, 2.75) is 19.8 Å². The summed E-state index contributed by atoms with van der Waals surface area (Å²) in [5, 5.41) is 0. The molecule has 0 atom stereocenters. The fourth-order valence-corrected chi connectivity index (χ4v) is 2.31. The van der Waals surface area contributed by atoms with Crippen LogP contribution in [0.15, 0.2) is 46.5 Å². The van der Waals surface area contributed by atoms with E-state index in [2.05, 4.69) is 11.6 Å². The minimum Gasteiger partial charge on any atom is -0.296 e. The molecule has 0 saturated carbocycles. The molecule has 1 heterocycles. The number of aromatic amines is 1. The van der Waals surface area contributed by atoms with Crippen molar-refractivity contribution in [2.75, 3.05) is 0 Å². The number of aromatic nitrogens is 2. The highest BCUT2D eigenvalue weighted by atomic mass is 16.2. The van der Waals surface area contributed by atoms with E-state index in [0.29, 0.717) is 16.8 Å². The summed E-state index contributed by atoms with van der Waals surface area (Å²) in [7, 11) is 1.65. The lowest BCUT2D eigenvalue weighted by Gasteiger charge is -2.17. The molecule has 20 heavy (non-hydrogen) atoms. The van der Waals surface area contributed by atoms with Crippen molar-refractivity contribution >= 4 is 5.57 Å². The van der Waals surface area contributed by atoms with Gasteiger partial charge < -0.3 is 0 Å². The Morgan fingerprint density at radius 2 is 1.80 bits per heavy atom. The Balaban J connectivity index is 2.77. The van der Waals surface area contributed by atoms with E-state index < -0.39 is 5.69 Å². The Morgan fingerprint density at radius 3 is 2.35 bits per heavy atom. The summed E-state index contributed by atoms with van der Waals surface area (Å²) < 4.78 is 1.45. The molecule has 1 N–H and O–H groups in total. The molecule has 0 spiro atoms. The van der Waals surface area contributed by atoms with Crippen molar-refractivity contribution < 1.29 is 0 Å². The second-order valence-electron chi connectivity index (χ2n) is 5.08. The molecular weight excluding hydrogens is 252 g/mol. The van der Waals surface area contributed by atoms with Crippen LogP contribution in [0.3, 0.4) is 0 Å². The maximum atomic E-state index is 12.1. The second kappa shape index (κ2) is 5.33. The van der Waals surface area contributed by atoms with Gasteiger partial charge >= 0.3 is 5.69 Å². The molecule has 0 aliphatic carbocycles. The van der Waals surface area contributed by atoms with E-state index in [9.17, 15) is 9.59 Å². The summed E-state index contributed by atoms with van der Waals surface area (Å²) in [5.41, 5.74) is 2.00. The topological polar surface area (TPSA) is 54.9 Å². The Kier molecular flexibility index (Phi) is 3.74.